The number of nitrogens with two attached hydrogens (primary N) is 1. The van der Waals surface area contributed by atoms with Gasteiger partial charge < -0.3 is 20.9 Å². The largest absolute Gasteiger partial charge is 0.491 e. The summed E-state index contributed by atoms with van der Waals surface area (Å²) in [4.78, 5) is 33.8. The average Bonchev–Trinajstić information content (AvgIpc) is 2.36. The van der Waals surface area contributed by atoms with Gasteiger partial charge in [0.25, 0.3) is 5.91 Å². The highest BCUT2D eigenvalue weighted by Gasteiger charge is 2.22. The van der Waals surface area contributed by atoms with E-state index in [2.05, 4.69) is 5.32 Å². The predicted octanol–water partition coefficient (Wildman–Crippen LogP) is 0.532. The minimum atomic E-state index is -1.36. The Bertz CT molecular complexity index is 542. The van der Waals surface area contributed by atoms with Crippen LogP contribution in [-0.4, -0.2) is 35.0 Å². The number of carboxylic acid groups (broad SMARTS) is 1. The molecule has 0 aliphatic heterocycles. The highest BCUT2D eigenvalue weighted by Crippen LogP contribution is 2.15. The second-order valence-electron chi connectivity index (χ2n) is 4.73. The maximum Gasteiger partial charge on any atom is 0.326 e. The summed E-state index contributed by atoms with van der Waals surface area (Å²) in [6.45, 7) is 3.69. The van der Waals surface area contributed by atoms with Gasteiger partial charge in [-0.05, 0) is 32.0 Å². The maximum absolute atomic E-state index is 12.0. The second-order valence-corrected chi connectivity index (χ2v) is 4.73. The standard InChI is InChI=1S/C14H18N2O5/c1-8(2)21-10-5-3-4-9(6-10)13(18)16-11(14(19)20)7-12(15)17/h3-6,8,11H,7H2,1-2H3,(H2,15,17)(H,16,18)(H,19,20)/t11-/m0/s1. The highest BCUT2D eigenvalue weighted by molar-refractivity contribution is 5.97. The van der Waals surface area contributed by atoms with Crippen molar-refractivity contribution in [3.8, 4) is 5.75 Å². The zero-order chi connectivity index (χ0) is 16.0. The van der Waals surface area contributed by atoms with E-state index in [1.807, 2.05) is 13.8 Å². The molecule has 1 atom stereocenters. The van der Waals surface area contributed by atoms with Crippen LogP contribution in [0.2, 0.25) is 0 Å². The molecule has 1 rings (SSSR count). The van der Waals surface area contributed by atoms with Gasteiger partial charge in [0.2, 0.25) is 5.91 Å². The Labute approximate surface area is 122 Å². The molecule has 0 bridgehead atoms. The Hall–Kier alpha value is -2.57. The third kappa shape index (κ3) is 5.52. The fraction of sp³-hybridized carbons (Fsp3) is 0.357. The number of rotatable bonds is 7. The molecule has 0 aliphatic rings. The van der Waals surface area contributed by atoms with Gasteiger partial charge >= 0.3 is 5.97 Å². The third-order valence-electron chi connectivity index (χ3n) is 2.48. The lowest BCUT2D eigenvalue weighted by atomic mass is 10.1. The van der Waals surface area contributed by atoms with Gasteiger partial charge in [0.15, 0.2) is 0 Å². The Kier molecular flexibility index (Phi) is 5.71. The summed E-state index contributed by atoms with van der Waals surface area (Å²) in [6, 6.07) is 4.97. The molecule has 21 heavy (non-hydrogen) atoms. The van der Waals surface area contributed by atoms with E-state index in [-0.39, 0.29) is 11.7 Å². The maximum atomic E-state index is 12.0. The summed E-state index contributed by atoms with van der Waals surface area (Å²) in [7, 11) is 0. The zero-order valence-electron chi connectivity index (χ0n) is 11.8. The molecule has 7 heteroatoms. The molecule has 0 aromatic heterocycles. The van der Waals surface area contributed by atoms with Gasteiger partial charge in [-0.1, -0.05) is 6.07 Å². The first-order valence-corrected chi connectivity index (χ1v) is 6.38. The van der Waals surface area contributed by atoms with E-state index in [0.29, 0.717) is 5.75 Å². The molecular weight excluding hydrogens is 276 g/mol. The normalized spacial score (nSPS) is 11.8. The number of nitrogens with one attached hydrogen (secondary N) is 1. The zero-order valence-corrected chi connectivity index (χ0v) is 11.8. The van der Waals surface area contributed by atoms with Crippen LogP contribution in [0.3, 0.4) is 0 Å². The molecule has 0 fully saturated rings. The number of hydrogen-bond acceptors (Lipinski definition) is 4. The molecule has 0 saturated heterocycles. The average molecular weight is 294 g/mol. The fourth-order valence-corrected chi connectivity index (χ4v) is 1.63. The van der Waals surface area contributed by atoms with Crippen LogP contribution in [0, 0.1) is 0 Å². The molecule has 0 radical (unpaired) electrons. The number of carboxylic acids is 1. The van der Waals surface area contributed by atoms with Gasteiger partial charge in [-0.25, -0.2) is 4.79 Å². The summed E-state index contributed by atoms with van der Waals surface area (Å²) >= 11 is 0. The first-order valence-electron chi connectivity index (χ1n) is 6.38. The summed E-state index contributed by atoms with van der Waals surface area (Å²) in [5.41, 5.74) is 5.19. The quantitative estimate of drug-likeness (QED) is 0.678. The fourth-order valence-electron chi connectivity index (χ4n) is 1.63. The van der Waals surface area contributed by atoms with Crippen molar-refractivity contribution in [2.24, 2.45) is 5.73 Å². The van der Waals surface area contributed by atoms with E-state index < -0.39 is 30.2 Å². The molecule has 2 amide bonds. The molecule has 114 valence electrons. The lowest BCUT2D eigenvalue weighted by Gasteiger charge is -2.14. The number of amides is 2. The number of aliphatic carboxylic acids is 1. The minimum absolute atomic E-state index is 0.0510. The van der Waals surface area contributed by atoms with Crippen LogP contribution in [0.4, 0.5) is 0 Å². The van der Waals surface area contributed by atoms with Crippen LogP contribution in [0.5, 0.6) is 5.75 Å². The molecule has 4 N–H and O–H groups in total. The SMILES string of the molecule is CC(C)Oc1cccc(C(=O)N[C@@H](CC(N)=O)C(=O)O)c1. The Morgan fingerprint density at radius 3 is 2.52 bits per heavy atom. The predicted molar refractivity (Wildman–Crippen MR) is 74.9 cm³/mol. The van der Waals surface area contributed by atoms with Crippen LogP contribution in [0.1, 0.15) is 30.6 Å². The molecule has 1 aromatic rings. The number of carbonyl (C=O) groups excluding carboxylic acids is 2. The molecule has 0 saturated carbocycles. The molecule has 7 nitrogen and oxygen atoms in total. The summed E-state index contributed by atoms with van der Waals surface area (Å²) in [5, 5.41) is 11.2. The van der Waals surface area contributed by atoms with E-state index in [0.717, 1.165) is 0 Å². The molecule has 0 heterocycles. The van der Waals surface area contributed by atoms with Crippen molar-refractivity contribution in [3.63, 3.8) is 0 Å². The van der Waals surface area contributed by atoms with Crippen LogP contribution < -0.4 is 15.8 Å². The smallest absolute Gasteiger partial charge is 0.326 e. The highest BCUT2D eigenvalue weighted by atomic mass is 16.5. The van der Waals surface area contributed by atoms with E-state index in [9.17, 15) is 14.4 Å². The van der Waals surface area contributed by atoms with E-state index in [4.69, 9.17) is 15.6 Å². The summed E-state index contributed by atoms with van der Waals surface area (Å²) in [5.74, 6) is -2.24. The molecular formula is C14H18N2O5. The van der Waals surface area contributed by atoms with E-state index in [1.54, 1.807) is 12.1 Å². The van der Waals surface area contributed by atoms with Crippen molar-refractivity contribution < 1.29 is 24.2 Å². The van der Waals surface area contributed by atoms with E-state index >= 15 is 0 Å². The van der Waals surface area contributed by atoms with Crippen LogP contribution in [-0.2, 0) is 9.59 Å². The molecule has 0 spiro atoms. The van der Waals surface area contributed by atoms with Gasteiger partial charge in [-0.15, -0.1) is 0 Å². The lowest BCUT2D eigenvalue weighted by molar-refractivity contribution is -0.140. The van der Waals surface area contributed by atoms with Crippen LogP contribution in [0.25, 0.3) is 0 Å². The number of ether oxygens (including phenoxy) is 1. The van der Waals surface area contributed by atoms with Crippen molar-refractivity contribution in [1.29, 1.82) is 0 Å². The number of hydrogen-bond donors (Lipinski definition) is 3. The van der Waals surface area contributed by atoms with E-state index in [1.165, 1.54) is 12.1 Å². The second kappa shape index (κ2) is 7.28. The van der Waals surface area contributed by atoms with Crippen molar-refractivity contribution >= 4 is 17.8 Å². The first kappa shape index (κ1) is 16.5. The number of primary amides is 1. The van der Waals surface area contributed by atoms with Crippen LogP contribution in [0.15, 0.2) is 24.3 Å². The van der Waals surface area contributed by atoms with Crippen molar-refractivity contribution in [2.75, 3.05) is 0 Å². The Morgan fingerprint density at radius 2 is 2.00 bits per heavy atom. The lowest BCUT2D eigenvalue weighted by Crippen LogP contribution is -2.43. The Balaban J connectivity index is 2.82. The third-order valence-corrected chi connectivity index (χ3v) is 2.48. The van der Waals surface area contributed by atoms with Crippen LogP contribution >= 0.6 is 0 Å². The number of carbonyl (C=O) groups is 3. The van der Waals surface area contributed by atoms with Crippen molar-refractivity contribution in [3.05, 3.63) is 29.8 Å². The molecule has 1 aromatic carbocycles. The summed E-state index contributed by atoms with van der Waals surface area (Å²) in [6.07, 6.45) is -0.520. The topological polar surface area (TPSA) is 119 Å². The van der Waals surface area contributed by atoms with Crippen molar-refractivity contribution in [2.45, 2.75) is 32.4 Å². The van der Waals surface area contributed by atoms with Gasteiger partial charge in [0, 0.05) is 5.56 Å². The molecule has 0 aliphatic carbocycles. The minimum Gasteiger partial charge on any atom is -0.491 e. The van der Waals surface area contributed by atoms with Gasteiger partial charge in [-0.3, -0.25) is 9.59 Å². The first-order chi connectivity index (χ1) is 9.79. The van der Waals surface area contributed by atoms with Crippen molar-refractivity contribution in [1.82, 2.24) is 5.32 Å². The summed E-state index contributed by atoms with van der Waals surface area (Å²) < 4.78 is 5.45. The van der Waals surface area contributed by atoms with Gasteiger partial charge in [-0.2, -0.15) is 0 Å². The van der Waals surface area contributed by atoms with Gasteiger partial charge in [0.05, 0.1) is 12.5 Å². The molecule has 0 unspecified atom stereocenters. The monoisotopic (exact) mass is 294 g/mol. The van der Waals surface area contributed by atoms with Gasteiger partial charge in [0.1, 0.15) is 11.8 Å². The number of benzene rings is 1. The Morgan fingerprint density at radius 1 is 1.33 bits per heavy atom.